The van der Waals surface area contributed by atoms with E-state index >= 15 is 9.59 Å². The second-order valence-electron chi connectivity index (χ2n) is 14.4. The van der Waals surface area contributed by atoms with Crippen molar-refractivity contribution in [3.8, 4) is 0 Å². The zero-order valence-corrected chi connectivity index (χ0v) is 32.1. The van der Waals surface area contributed by atoms with E-state index in [9.17, 15) is 0 Å². The third kappa shape index (κ3) is 7.13. The minimum absolute atomic E-state index is 0.222. The molecule has 8 rings (SSSR count). The maximum absolute atomic E-state index is 15.9. The molecule has 2 amide bonds. The van der Waals surface area contributed by atoms with Crippen molar-refractivity contribution in [3.63, 3.8) is 0 Å². The second kappa shape index (κ2) is 17.2. The molecule has 0 fully saturated rings. The molecule has 0 saturated heterocycles. The fourth-order valence-electron chi connectivity index (χ4n) is 8.45. The topological polar surface area (TPSA) is 58.2 Å². The average Bonchev–Trinajstić information content (AvgIpc) is 3.31. The van der Waals surface area contributed by atoms with Gasteiger partial charge in [0.15, 0.2) is 0 Å². The lowest BCUT2D eigenvalue weighted by molar-refractivity contribution is -0.127. The summed E-state index contributed by atoms with van der Waals surface area (Å²) in [6, 6.07) is 78.1. The highest BCUT2D eigenvalue weighted by molar-refractivity contribution is 5.98. The Balaban J connectivity index is 1.33. The Morgan fingerprint density at radius 3 is 0.638 bits per heavy atom. The van der Waals surface area contributed by atoms with Crippen LogP contribution < -0.4 is 10.6 Å². The molecule has 0 radical (unpaired) electrons. The summed E-state index contributed by atoms with van der Waals surface area (Å²) in [5.41, 5.74) is 4.16. The molecule has 8 aromatic rings. The number of hydrogen-bond donors (Lipinski definition) is 2. The van der Waals surface area contributed by atoms with Gasteiger partial charge in [-0.1, -0.05) is 243 Å². The molecule has 0 aromatic heterocycles. The number of nitrogens with one attached hydrogen (secondary N) is 2. The normalized spacial score (nSPS) is 12.5. The highest BCUT2D eigenvalue weighted by atomic mass is 16.2. The van der Waals surface area contributed by atoms with Crippen molar-refractivity contribution in [2.45, 2.75) is 22.9 Å². The van der Waals surface area contributed by atoms with Gasteiger partial charge in [0.1, 0.15) is 10.8 Å². The van der Waals surface area contributed by atoms with Gasteiger partial charge in [0, 0.05) is 0 Å². The van der Waals surface area contributed by atoms with Gasteiger partial charge in [0.25, 0.3) is 0 Å². The highest BCUT2D eigenvalue weighted by Crippen LogP contribution is 2.43. The zero-order chi connectivity index (χ0) is 39.6. The van der Waals surface area contributed by atoms with E-state index in [1.54, 1.807) is 0 Å². The van der Waals surface area contributed by atoms with Gasteiger partial charge in [-0.25, -0.2) is 0 Å². The number of hydrogen-bond acceptors (Lipinski definition) is 2. The van der Waals surface area contributed by atoms with E-state index in [1.165, 1.54) is 0 Å². The molecule has 0 spiro atoms. The maximum Gasteiger partial charge on any atom is 0.240 e. The van der Waals surface area contributed by atoms with Gasteiger partial charge < -0.3 is 10.6 Å². The largest absolute Gasteiger partial charge is 0.345 e. The van der Waals surface area contributed by atoms with Crippen LogP contribution in [0.2, 0.25) is 0 Å². The fourth-order valence-corrected chi connectivity index (χ4v) is 8.45. The summed E-state index contributed by atoms with van der Waals surface area (Å²) in [7, 11) is 0. The highest BCUT2D eigenvalue weighted by Gasteiger charge is 2.48. The lowest BCUT2D eigenvalue weighted by atomic mass is 9.68. The number of benzene rings is 8. The molecule has 282 valence electrons. The van der Waals surface area contributed by atoms with Crippen molar-refractivity contribution < 1.29 is 9.59 Å². The number of carbonyl (C=O) groups is 2. The van der Waals surface area contributed by atoms with Gasteiger partial charge in [-0.05, 0) is 44.5 Å². The Kier molecular flexibility index (Phi) is 11.2. The summed E-state index contributed by atoms with van der Waals surface area (Å²) in [5.74, 6) is -0.443. The summed E-state index contributed by atoms with van der Waals surface area (Å²) in [5, 5.41) is 7.18. The Bertz CT molecular complexity index is 2140. The summed E-state index contributed by atoms with van der Waals surface area (Å²) < 4.78 is 0. The molecule has 0 heterocycles. The van der Waals surface area contributed by atoms with Crippen LogP contribution in [-0.4, -0.2) is 11.8 Å². The van der Waals surface area contributed by atoms with Gasteiger partial charge in [-0.15, -0.1) is 0 Å². The van der Waals surface area contributed by atoms with Crippen molar-refractivity contribution in [2.24, 2.45) is 0 Å². The SMILES string of the molecule is O=C(N[C@H](c1ccccc1)[C@H](NC(=O)C(c1ccccc1)(c1ccccc1)c1ccccc1)c1ccccc1)C(c1ccccc1)(c1ccccc1)c1ccccc1. The monoisotopic (exact) mass is 752 g/mol. The zero-order valence-electron chi connectivity index (χ0n) is 32.1. The summed E-state index contributed by atoms with van der Waals surface area (Å²) >= 11 is 0. The lowest BCUT2D eigenvalue weighted by Crippen LogP contribution is -2.52. The second-order valence-corrected chi connectivity index (χ2v) is 14.4. The first-order valence-electron chi connectivity index (χ1n) is 19.7. The molecule has 2 N–H and O–H groups in total. The Morgan fingerprint density at radius 1 is 0.276 bits per heavy atom. The number of carbonyl (C=O) groups excluding carboxylic acids is 2. The molecule has 8 aromatic carbocycles. The molecular formula is C54H44N2O2. The smallest absolute Gasteiger partial charge is 0.240 e. The first-order valence-corrected chi connectivity index (χ1v) is 19.7. The third-order valence-electron chi connectivity index (χ3n) is 11.1. The summed E-state index contributed by atoms with van der Waals surface area (Å²) in [4.78, 5) is 31.8. The molecule has 2 atom stereocenters. The Hall–Kier alpha value is -7.30. The first kappa shape index (κ1) is 37.6. The minimum atomic E-state index is -1.25. The van der Waals surface area contributed by atoms with E-state index in [0.717, 1.165) is 44.5 Å². The average molecular weight is 753 g/mol. The van der Waals surface area contributed by atoms with Gasteiger partial charge in [0.05, 0.1) is 12.1 Å². The Morgan fingerprint density at radius 2 is 0.448 bits per heavy atom. The molecule has 0 bridgehead atoms. The number of rotatable bonds is 13. The molecule has 0 aliphatic rings. The van der Waals surface area contributed by atoms with E-state index in [-0.39, 0.29) is 11.8 Å². The van der Waals surface area contributed by atoms with Crippen LogP contribution in [0.5, 0.6) is 0 Å². The summed E-state index contributed by atoms with van der Waals surface area (Å²) in [6.45, 7) is 0. The van der Waals surface area contributed by atoms with Crippen molar-refractivity contribution in [3.05, 3.63) is 287 Å². The predicted octanol–water partition coefficient (Wildman–Crippen LogP) is 10.8. The minimum Gasteiger partial charge on any atom is -0.345 e. The quantitative estimate of drug-likeness (QED) is 0.115. The fraction of sp³-hybridized carbons (Fsp3) is 0.0741. The van der Waals surface area contributed by atoms with Crippen LogP contribution in [-0.2, 0) is 20.4 Å². The number of amides is 2. The van der Waals surface area contributed by atoms with E-state index in [2.05, 4.69) is 10.6 Å². The molecule has 0 aliphatic carbocycles. The molecule has 0 aliphatic heterocycles. The predicted molar refractivity (Wildman–Crippen MR) is 233 cm³/mol. The van der Waals surface area contributed by atoms with Crippen LogP contribution in [0.3, 0.4) is 0 Å². The van der Waals surface area contributed by atoms with Crippen molar-refractivity contribution in [1.29, 1.82) is 0 Å². The molecule has 4 heteroatoms. The van der Waals surface area contributed by atoms with E-state index in [0.29, 0.717) is 0 Å². The van der Waals surface area contributed by atoms with Gasteiger partial charge in [0.2, 0.25) is 11.8 Å². The van der Waals surface area contributed by atoms with E-state index in [1.807, 2.05) is 243 Å². The van der Waals surface area contributed by atoms with Crippen LogP contribution in [0.15, 0.2) is 243 Å². The summed E-state index contributed by atoms with van der Waals surface area (Å²) in [6.07, 6.45) is 0. The molecule has 0 unspecified atom stereocenters. The van der Waals surface area contributed by atoms with Crippen LogP contribution in [0, 0.1) is 0 Å². The first-order chi connectivity index (χ1) is 28.6. The van der Waals surface area contributed by atoms with Gasteiger partial charge in [-0.3, -0.25) is 9.59 Å². The van der Waals surface area contributed by atoms with Crippen molar-refractivity contribution in [2.75, 3.05) is 0 Å². The standard InChI is InChI=1S/C54H44N2O2/c57-51(53(43-29-13-3-14-30-43,44-31-15-4-16-32-44)45-33-17-5-18-34-45)55-49(41-25-9-1-10-26-41)50(42-27-11-2-12-28-42)56-52(58)54(46-35-19-6-20-36-46,47-37-21-7-22-38-47)48-39-23-8-24-40-48/h1-40,49-50H,(H,55,57)(H,56,58)/t49-,50-/m1/s1. The van der Waals surface area contributed by atoms with Crippen LogP contribution in [0.1, 0.15) is 56.6 Å². The van der Waals surface area contributed by atoms with Crippen LogP contribution in [0.25, 0.3) is 0 Å². The van der Waals surface area contributed by atoms with E-state index in [4.69, 9.17) is 0 Å². The molecule has 58 heavy (non-hydrogen) atoms. The van der Waals surface area contributed by atoms with Crippen LogP contribution >= 0.6 is 0 Å². The van der Waals surface area contributed by atoms with Gasteiger partial charge in [-0.2, -0.15) is 0 Å². The van der Waals surface area contributed by atoms with E-state index < -0.39 is 22.9 Å². The molecular weight excluding hydrogens is 709 g/mol. The maximum atomic E-state index is 15.9. The molecule has 0 saturated carbocycles. The molecule has 4 nitrogen and oxygen atoms in total. The third-order valence-corrected chi connectivity index (χ3v) is 11.1. The van der Waals surface area contributed by atoms with Crippen LogP contribution in [0.4, 0.5) is 0 Å². The van der Waals surface area contributed by atoms with Crippen molar-refractivity contribution >= 4 is 11.8 Å². The lowest BCUT2D eigenvalue weighted by Gasteiger charge is -2.40. The van der Waals surface area contributed by atoms with Crippen molar-refractivity contribution in [1.82, 2.24) is 10.6 Å². The Labute approximate surface area is 340 Å². The van der Waals surface area contributed by atoms with Gasteiger partial charge >= 0.3 is 0 Å².